The molecule has 8 heteroatoms. The van der Waals surface area contributed by atoms with Gasteiger partial charge in [0.15, 0.2) is 5.54 Å². The molecule has 0 aliphatic carbocycles. The van der Waals surface area contributed by atoms with Crippen molar-refractivity contribution in [2.45, 2.75) is 52.5 Å². The average Bonchev–Trinajstić information content (AvgIpc) is 2.73. The van der Waals surface area contributed by atoms with Gasteiger partial charge in [0.2, 0.25) is 5.91 Å². The lowest BCUT2D eigenvalue weighted by molar-refractivity contribution is -0.148. The van der Waals surface area contributed by atoms with E-state index in [2.05, 4.69) is 5.32 Å². The molecule has 0 spiro atoms. The summed E-state index contributed by atoms with van der Waals surface area (Å²) in [6.07, 6.45) is 3.42. The summed E-state index contributed by atoms with van der Waals surface area (Å²) in [6, 6.07) is 6.03. The first-order chi connectivity index (χ1) is 15.1. The highest BCUT2D eigenvalue weighted by Gasteiger charge is 2.46. The predicted octanol–water partition coefficient (Wildman–Crippen LogP) is 3.41. The van der Waals surface area contributed by atoms with Crippen LogP contribution in [0.1, 0.15) is 46.1 Å². The Kier molecular flexibility index (Phi) is 8.57. The average molecular weight is 447 g/mol. The van der Waals surface area contributed by atoms with E-state index in [1.807, 2.05) is 13.8 Å². The number of dihydropyridines is 1. The molecule has 1 aromatic carbocycles. The zero-order chi connectivity index (χ0) is 23.9. The van der Waals surface area contributed by atoms with Gasteiger partial charge in [0.05, 0.1) is 12.3 Å². The maximum atomic E-state index is 13.3. The fraction of sp³-hybridized carbons (Fsp3) is 0.458. The summed E-state index contributed by atoms with van der Waals surface area (Å²) in [6.45, 7) is 7.58. The number of carbonyl (C=O) groups excluding carboxylic acids is 2. The third kappa shape index (κ3) is 5.96. The number of nitrogens with one attached hydrogen (secondary N) is 1. The molecule has 32 heavy (non-hydrogen) atoms. The lowest BCUT2D eigenvalue weighted by Crippen LogP contribution is -2.58. The second-order valence-corrected chi connectivity index (χ2v) is 8.14. The minimum atomic E-state index is -1.52. The third-order valence-electron chi connectivity index (χ3n) is 5.22. The number of carboxylic acid groups (broad SMARTS) is 1. The maximum absolute atomic E-state index is 13.3. The van der Waals surface area contributed by atoms with E-state index in [9.17, 15) is 23.9 Å². The number of nitrogens with zero attached hydrogens (tertiary/aromatic N) is 1. The fourth-order valence-corrected chi connectivity index (χ4v) is 3.61. The van der Waals surface area contributed by atoms with Gasteiger partial charge in [-0.25, -0.2) is 9.18 Å². The molecule has 2 N–H and O–H groups in total. The number of hydrogen-bond donors (Lipinski definition) is 2. The molecule has 174 valence electrons. The number of esters is 1. The molecule has 0 saturated carbocycles. The van der Waals surface area contributed by atoms with Crippen LogP contribution in [0.4, 0.5) is 4.39 Å². The molecule has 7 nitrogen and oxygen atoms in total. The number of allylic oxidation sites excluding steroid dienone is 2. The minimum absolute atomic E-state index is 0.0249. The molecule has 0 aromatic heterocycles. The van der Waals surface area contributed by atoms with E-state index in [0.717, 1.165) is 11.1 Å². The van der Waals surface area contributed by atoms with Gasteiger partial charge in [-0.1, -0.05) is 32.9 Å². The van der Waals surface area contributed by atoms with E-state index in [1.54, 1.807) is 38.3 Å². The molecule has 1 heterocycles. The summed E-state index contributed by atoms with van der Waals surface area (Å²) < 4.78 is 18.2. The Morgan fingerprint density at radius 1 is 1.19 bits per heavy atom. The Balaban J connectivity index is 2.48. The van der Waals surface area contributed by atoms with Crippen molar-refractivity contribution in [3.8, 4) is 0 Å². The first kappa shape index (κ1) is 25.1. The molecule has 1 aromatic rings. The van der Waals surface area contributed by atoms with Crippen LogP contribution in [-0.4, -0.2) is 46.5 Å². The molecule has 0 radical (unpaired) electrons. The molecule has 0 saturated heterocycles. The Bertz CT molecular complexity index is 907. The molecule has 2 rings (SSSR count). The number of ether oxygens (including phenoxy) is 1. The molecule has 1 amide bonds. The summed E-state index contributed by atoms with van der Waals surface area (Å²) in [5.41, 5.74) is 0.318. The monoisotopic (exact) mass is 446 g/mol. The zero-order valence-corrected chi connectivity index (χ0v) is 19.0. The van der Waals surface area contributed by atoms with Crippen molar-refractivity contribution in [2.75, 3.05) is 13.2 Å². The number of carbonyl (C=O) groups is 3. The number of halogens is 1. The van der Waals surface area contributed by atoms with Crippen LogP contribution in [0.3, 0.4) is 0 Å². The normalized spacial score (nSPS) is 17.8. The molecule has 0 fully saturated rings. The van der Waals surface area contributed by atoms with Crippen LogP contribution >= 0.6 is 0 Å². The van der Waals surface area contributed by atoms with Gasteiger partial charge < -0.3 is 20.1 Å². The SMILES string of the molecule is CCOC(=O)CC(=O)N(CC(C)C)C1=CC(Cc2ccc(F)cc2)=CNC1(CC)C(=O)O. The number of aliphatic carboxylic acids is 1. The Hall–Kier alpha value is -3.16. The molecule has 1 atom stereocenters. The quantitative estimate of drug-likeness (QED) is 0.422. The van der Waals surface area contributed by atoms with Crippen molar-refractivity contribution < 1.29 is 28.6 Å². The highest BCUT2D eigenvalue weighted by molar-refractivity contribution is 5.96. The van der Waals surface area contributed by atoms with Crippen molar-refractivity contribution in [1.82, 2.24) is 10.2 Å². The van der Waals surface area contributed by atoms with E-state index in [1.165, 1.54) is 17.0 Å². The molecule has 1 aliphatic heterocycles. The van der Waals surface area contributed by atoms with Gasteiger partial charge in [0.1, 0.15) is 12.2 Å². The van der Waals surface area contributed by atoms with Gasteiger partial charge in [0, 0.05) is 12.7 Å². The lowest BCUT2D eigenvalue weighted by Gasteiger charge is -2.41. The van der Waals surface area contributed by atoms with E-state index in [4.69, 9.17) is 4.74 Å². The topological polar surface area (TPSA) is 95.9 Å². The summed E-state index contributed by atoms with van der Waals surface area (Å²) in [7, 11) is 0. The first-order valence-corrected chi connectivity index (χ1v) is 10.8. The van der Waals surface area contributed by atoms with Gasteiger partial charge in [-0.3, -0.25) is 9.59 Å². The Labute approximate surface area is 187 Å². The second kappa shape index (κ2) is 10.9. The molecular weight excluding hydrogens is 415 g/mol. The van der Waals surface area contributed by atoms with Gasteiger partial charge in [-0.2, -0.15) is 0 Å². The van der Waals surface area contributed by atoms with E-state index >= 15 is 0 Å². The van der Waals surface area contributed by atoms with Crippen LogP contribution in [0.25, 0.3) is 0 Å². The number of rotatable bonds is 10. The standard InChI is InChI=1S/C24H31FN2O5/c1-5-24(23(30)31)20(27(15-16(3)4)21(28)13-22(29)32-6-2)12-18(14-26-24)11-17-7-9-19(25)10-8-17/h7-10,12,14,16,26H,5-6,11,13,15H2,1-4H3,(H,30,31). The van der Waals surface area contributed by atoms with Crippen LogP contribution in [0, 0.1) is 11.7 Å². The van der Waals surface area contributed by atoms with Gasteiger partial charge in [-0.15, -0.1) is 0 Å². The number of benzene rings is 1. The highest BCUT2D eigenvalue weighted by atomic mass is 19.1. The summed E-state index contributed by atoms with van der Waals surface area (Å²) in [5.74, 6) is -2.62. The second-order valence-electron chi connectivity index (χ2n) is 8.14. The fourth-order valence-electron chi connectivity index (χ4n) is 3.61. The largest absolute Gasteiger partial charge is 0.479 e. The van der Waals surface area contributed by atoms with Gasteiger partial charge in [0.25, 0.3) is 0 Å². The Morgan fingerprint density at radius 3 is 2.38 bits per heavy atom. The molecule has 1 aliphatic rings. The van der Waals surface area contributed by atoms with Crippen molar-refractivity contribution in [2.24, 2.45) is 5.92 Å². The summed E-state index contributed by atoms with van der Waals surface area (Å²) in [4.78, 5) is 38.8. The van der Waals surface area contributed by atoms with Gasteiger partial charge in [-0.05, 0) is 55.0 Å². The third-order valence-corrected chi connectivity index (χ3v) is 5.22. The van der Waals surface area contributed by atoms with Crippen LogP contribution < -0.4 is 5.32 Å². The van der Waals surface area contributed by atoms with Crippen molar-refractivity contribution in [1.29, 1.82) is 0 Å². The predicted molar refractivity (Wildman–Crippen MR) is 118 cm³/mol. The van der Waals surface area contributed by atoms with E-state index < -0.39 is 29.8 Å². The van der Waals surface area contributed by atoms with Crippen molar-refractivity contribution in [3.05, 3.63) is 59.2 Å². The first-order valence-electron chi connectivity index (χ1n) is 10.8. The number of hydrogen-bond acceptors (Lipinski definition) is 5. The molecule has 1 unspecified atom stereocenters. The van der Waals surface area contributed by atoms with Crippen molar-refractivity contribution >= 4 is 17.8 Å². The number of amides is 1. The van der Waals surface area contributed by atoms with Crippen molar-refractivity contribution in [3.63, 3.8) is 0 Å². The number of carboxylic acids is 1. The zero-order valence-electron chi connectivity index (χ0n) is 19.0. The van der Waals surface area contributed by atoms with Crippen LogP contribution in [0.5, 0.6) is 0 Å². The van der Waals surface area contributed by atoms with Crippen LogP contribution in [-0.2, 0) is 25.5 Å². The molecular formula is C24H31FN2O5. The maximum Gasteiger partial charge on any atom is 0.335 e. The van der Waals surface area contributed by atoms with E-state index in [-0.39, 0.29) is 37.0 Å². The summed E-state index contributed by atoms with van der Waals surface area (Å²) in [5, 5.41) is 13.1. The summed E-state index contributed by atoms with van der Waals surface area (Å²) >= 11 is 0. The van der Waals surface area contributed by atoms with Crippen LogP contribution in [0.15, 0.2) is 47.8 Å². The lowest BCUT2D eigenvalue weighted by atomic mass is 9.85. The van der Waals surface area contributed by atoms with E-state index in [0.29, 0.717) is 6.42 Å². The minimum Gasteiger partial charge on any atom is -0.479 e. The molecule has 0 bridgehead atoms. The highest BCUT2D eigenvalue weighted by Crippen LogP contribution is 2.32. The van der Waals surface area contributed by atoms with Gasteiger partial charge >= 0.3 is 11.9 Å². The Morgan fingerprint density at radius 2 is 1.84 bits per heavy atom. The smallest absolute Gasteiger partial charge is 0.335 e. The van der Waals surface area contributed by atoms with Crippen LogP contribution in [0.2, 0.25) is 0 Å².